The Bertz CT molecular complexity index is 659. The Balaban J connectivity index is 1.51. The van der Waals surface area contributed by atoms with E-state index < -0.39 is 0 Å². The smallest absolute Gasteiger partial charge is 0.310 e. The average molecular weight is 329 g/mol. The molecule has 2 amide bonds. The van der Waals surface area contributed by atoms with E-state index in [1.54, 1.807) is 24.3 Å². The lowest BCUT2D eigenvalue weighted by atomic mass is 9.96. The van der Waals surface area contributed by atoms with Gasteiger partial charge in [-0.05, 0) is 24.1 Å². The van der Waals surface area contributed by atoms with E-state index in [1.807, 2.05) is 0 Å². The molecule has 0 aliphatic carbocycles. The van der Waals surface area contributed by atoms with Crippen molar-refractivity contribution >= 4 is 23.5 Å². The number of hydrogen-bond donors (Lipinski definition) is 0. The van der Waals surface area contributed by atoms with Crippen LogP contribution in [0.3, 0.4) is 0 Å². The lowest BCUT2D eigenvalue weighted by Crippen LogP contribution is -2.43. The predicted molar refractivity (Wildman–Crippen MR) is 86.3 cm³/mol. The molecule has 6 heteroatoms. The van der Waals surface area contributed by atoms with Crippen molar-refractivity contribution in [3.8, 4) is 0 Å². The zero-order valence-electron chi connectivity index (χ0n) is 13.4. The Hall–Kier alpha value is -2.47. The van der Waals surface area contributed by atoms with E-state index in [1.165, 1.54) is 12.2 Å². The van der Waals surface area contributed by atoms with E-state index in [0.717, 1.165) is 23.5 Å². The minimum atomic E-state index is -0.363. The third kappa shape index (κ3) is 3.38. The number of ether oxygens (including phenoxy) is 2. The van der Waals surface area contributed by atoms with Gasteiger partial charge in [-0.1, -0.05) is 19.1 Å². The van der Waals surface area contributed by atoms with E-state index in [0.29, 0.717) is 11.6 Å². The molecule has 0 radical (unpaired) electrons. The molecule has 2 heterocycles. The number of carbonyl (C=O) groups excluding carboxylic acids is 3. The van der Waals surface area contributed by atoms with E-state index in [-0.39, 0.29) is 36.9 Å². The monoisotopic (exact) mass is 329 g/mol. The summed E-state index contributed by atoms with van der Waals surface area (Å²) in [6, 6.07) is 6.72. The predicted octanol–water partition coefficient (Wildman–Crippen LogP) is 1.63. The van der Waals surface area contributed by atoms with Crippen molar-refractivity contribution in [3.05, 3.63) is 42.0 Å². The number of carbonyl (C=O) groups is 3. The van der Waals surface area contributed by atoms with Gasteiger partial charge in [-0.25, -0.2) is 4.90 Å². The van der Waals surface area contributed by atoms with Crippen LogP contribution in [0.15, 0.2) is 36.4 Å². The van der Waals surface area contributed by atoms with Gasteiger partial charge < -0.3 is 9.47 Å². The highest BCUT2D eigenvalue weighted by Gasteiger charge is 2.31. The van der Waals surface area contributed by atoms with Crippen molar-refractivity contribution in [1.29, 1.82) is 0 Å². The standard InChI is InChI=1S/C18H19NO5/c1-2-13-10-23-15(13)11-24-18(22)9-12-3-5-14(6-4-12)19-16(20)7-8-17(19)21/h3-8,13,15H,2,9-11H2,1H3. The van der Waals surface area contributed by atoms with E-state index >= 15 is 0 Å². The van der Waals surface area contributed by atoms with Crippen LogP contribution in [-0.2, 0) is 30.3 Å². The van der Waals surface area contributed by atoms with E-state index in [4.69, 9.17) is 9.47 Å². The van der Waals surface area contributed by atoms with E-state index in [2.05, 4.69) is 6.92 Å². The summed E-state index contributed by atoms with van der Waals surface area (Å²) < 4.78 is 10.6. The third-order valence-corrected chi connectivity index (χ3v) is 4.34. The summed E-state index contributed by atoms with van der Waals surface area (Å²) in [5.41, 5.74) is 1.25. The number of imide groups is 1. The number of hydrogen-bond acceptors (Lipinski definition) is 5. The molecule has 24 heavy (non-hydrogen) atoms. The maximum atomic E-state index is 11.9. The van der Waals surface area contributed by atoms with Crippen molar-refractivity contribution < 1.29 is 23.9 Å². The number of nitrogens with zero attached hydrogens (tertiary/aromatic N) is 1. The van der Waals surface area contributed by atoms with Crippen LogP contribution in [0.25, 0.3) is 0 Å². The first kappa shape index (κ1) is 16.4. The summed E-state index contributed by atoms with van der Waals surface area (Å²) in [6.45, 7) is 3.12. The van der Waals surface area contributed by atoms with Gasteiger partial charge in [0.2, 0.25) is 0 Å². The summed E-state index contributed by atoms with van der Waals surface area (Å²) >= 11 is 0. The van der Waals surface area contributed by atoms with Crippen LogP contribution in [0.2, 0.25) is 0 Å². The average Bonchev–Trinajstić information content (AvgIpc) is 2.87. The van der Waals surface area contributed by atoms with Gasteiger partial charge in [-0.15, -0.1) is 0 Å². The molecule has 0 saturated carbocycles. The van der Waals surface area contributed by atoms with Crippen molar-refractivity contribution in [3.63, 3.8) is 0 Å². The van der Waals surface area contributed by atoms with Gasteiger partial charge in [0, 0.05) is 18.1 Å². The Kier molecular flexibility index (Phi) is 4.76. The summed E-state index contributed by atoms with van der Waals surface area (Å²) in [5, 5.41) is 0. The van der Waals surface area contributed by atoms with Gasteiger partial charge in [0.15, 0.2) is 0 Å². The van der Waals surface area contributed by atoms with Gasteiger partial charge in [0.05, 0.1) is 24.8 Å². The maximum Gasteiger partial charge on any atom is 0.310 e. The molecule has 0 aromatic heterocycles. The third-order valence-electron chi connectivity index (χ3n) is 4.34. The van der Waals surface area contributed by atoms with Crippen LogP contribution in [0.5, 0.6) is 0 Å². The first-order chi connectivity index (χ1) is 11.6. The van der Waals surface area contributed by atoms with Crippen molar-refractivity contribution in [2.75, 3.05) is 18.1 Å². The normalized spacial score (nSPS) is 22.6. The SMILES string of the molecule is CCC1COC1COC(=O)Cc1ccc(N2C(=O)C=CC2=O)cc1. The lowest BCUT2D eigenvalue weighted by molar-refractivity contribution is -0.167. The van der Waals surface area contributed by atoms with Gasteiger partial charge in [0.1, 0.15) is 6.61 Å². The molecule has 0 N–H and O–H groups in total. The maximum absolute atomic E-state index is 11.9. The van der Waals surface area contributed by atoms with Crippen molar-refractivity contribution in [1.82, 2.24) is 0 Å². The van der Waals surface area contributed by atoms with Gasteiger partial charge in [-0.2, -0.15) is 0 Å². The molecular weight excluding hydrogens is 310 g/mol. The molecule has 0 bridgehead atoms. The Morgan fingerprint density at radius 3 is 2.42 bits per heavy atom. The van der Waals surface area contributed by atoms with Crippen molar-refractivity contribution in [2.24, 2.45) is 5.92 Å². The molecule has 1 aromatic rings. The molecule has 1 aromatic carbocycles. The van der Waals surface area contributed by atoms with Crippen LogP contribution in [0.1, 0.15) is 18.9 Å². The minimum Gasteiger partial charge on any atom is -0.463 e. The molecule has 2 atom stereocenters. The number of anilines is 1. The van der Waals surface area contributed by atoms with Crippen LogP contribution < -0.4 is 4.90 Å². The molecular formula is C18H19NO5. The fourth-order valence-corrected chi connectivity index (χ4v) is 2.74. The van der Waals surface area contributed by atoms with Crippen LogP contribution in [0, 0.1) is 5.92 Å². The largest absolute Gasteiger partial charge is 0.463 e. The zero-order valence-corrected chi connectivity index (χ0v) is 13.4. The molecule has 1 fully saturated rings. The number of benzene rings is 1. The minimum absolute atomic E-state index is 0.0148. The second-order valence-electron chi connectivity index (χ2n) is 5.91. The second kappa shape index (κ2) is 6.97. The lowest BCUT2D eigenvalue weighted by Gasteiger charge is -2.35. The number of amides is 2. The summed E-state index contributed by atoms with van der Waals surface area (Å²) in [5.74, 6) is -0.569. The molecule has 3 rings (SSSR count). The summed E-state index contributed by atoms with van der Waals surface area (Å²) in [7, 11) is 0. The highest BCUT2D eigenvalue weighted by Crippen LogP contribution is 2.24. The first-order valence-corrected chi connectivity index (χ1v) is 8.00. The zero-order chi connectivity index (χ0) is 17.1. The number of esters is 1. The highest BCUT2D eigenvalue weighted by atomic mass is 16.6. The molecule has 2 aliphatic heterocycles. The first-order valence-electron chi connectivity index (χ1n) is 8.00. The van der Waals surface area contributed by atoms with Crippen LogP contribution in [-0.4, -0.2) is 37.1 Å². The molecule has 126 valence electrons. The van der Waals surface area contributed by atoms with Gasteiger partial charge in [-0.3, -0.25) is 14.4 Å². The Labute approximate surface area is 140 Å². The molecule has 2 unspecified atom stereocenters. The Morgan fingerprint density at radius 2 is 1.88 bits per heavy atom. The molecule has 0 spiro atoms. The number of rotatable bonds is 6. The quantitative estimate of drug-likeness (QED) is 0.586. The fraction of sp³-hybridized carbons (Fsp3) is 0.389. The van der Waals surface area contributed by atoms with Crippen molar-refractivity contribution in [2.45, 2.75) is 25.9 Å². The van der Waals surface area contributed by atoms with Gasteiger partial charge in [0.25, 0.3) is 11.8 Å². The Morgan fingerprint density at radius 1 is 1.21 bits per heavy atom. The summed E-state index contributed by atoms with van der Waals surface area (Å²) in [4.78, 5) is 36.2. The van der Waals surface area contributed by atoms with E-state index in [9.17, 15) is 14.4 Å². The van der Waals surface area contributed by atoms with Crippen LogP contribution >= 0.6 is 0 Å². The van der Waals surface area contributed by atoms with Crippen LogP contribution in [0.4, 0.5) is 5.69 Å². The molecule has 1 saturated heterocycles. The van der Waals surface area contributed by atoms with Gasteiger partial charge >= 0.3 is 5.97 Å². The second-order valence-corrected chi connectivity index (χ2v) is 5.91. The molecule has 2 aliphatic rings. The molecule has 6 nitrogen and oxygen atoms in total. The topological polar surface area (TPSA) is 72.9 Å². The highest BCUT2D eigenvalue weighted by molar-refractivity contribution is 6.28. The fourth-order valence-electron chi connectivity index (χ4n) is 2.74. The summed E-state index contributed by atoms with van der Waals surface area (Å²) in [6.07, 6.45) is 3.65.